The van der Waals surface area contributed by atoms with Gasteiger partial charge in [-0.2, -0.15) is 5.10 Å². The molecule has 22 heavy (non-hydrogen) atoms. The summed E-state index contributed by atoms with van der Waals surface area (Å²) >= 11 is 1.69. The number of nitrogens with two attached hydrogens (primary N) is 1. The SMILES string of the molecule is Nc1cnc2ccsc2c1N[C@H]1CC[C@@H](n2cncn2)CC1. The van der Waals surface area contributed by atoms with Gasteiger partial charge in [0.15, 0.2) is 0 Å². The molecule has 0 aromatic carbocycles. The zero-order chi connectivity index (χ0) is 14.9. The molecule has 3 aromatic rings. The van der Waals surface area contributed by atoms with E-state index in [2.05, 4.69) is 25.8 Å². The standard InChI is InChI=1S/C15H18N6S/c16-12-7-18-13-5-6-22-15(13)14(12)20-10-1-3-11(4-2-10)21-9-17-8-19-21/h5-11H,1-4,16H2,(H,18,20)/t10-,11+. The number of rotatable bonds is 3. The second-order valence-electron chi connectivity index (χ2n) is 5.75. The Labute approximate surface area is 132 Å². The highest BCUT2D eigenvalue weighted by Crippen LogP contribution is 2.35. The molecule has 114 valence electrons. The Bertz CT molecular complexity index is 758. The molecule has 0 aliphatic heterocycles. The maximum absolute atomic E-state index is 6.13. The molecule has 0 atom stereocenters. The summed E-state index contributed by atoms with van der Waals surface area (Å²) in [5.74, 6) is 0. The van der Waals surface area contributed by atoms with Crippen LogP contribution in [0.15, 0.2) is 30.3 Å². The summed E-state index contributed by atoms with van der Waals surface area (Å²) in [5, 5.41) is 9.96. The van der Waals surface area contributed by atoms with Crippen LogP contribution in [0.3, 0.4) is 0 Å². The average molecular weight is 314 g/mol. The Morgan fingerprint density at radius 3 is 2.91 bits per heavy atom. The molecule has 7 heteroatoms. The first kappa shape index (κ1) is 13.5. The first-order valence-corrected chi connectivity index (χ1v) is 8.41. The Balaban J connectivity index is 1.48. The molecule has 1 saturated carbocycles. The number of pyridine rings is 1. The van der Waals surface area contributed by atoms with Crippen molar-refractivity contribution >= 4 is 32.9 Å². The van der Waals surface area contributed by atoms with Crippen LogP contribution in [0.25, 0.3) is 10.2 Å². The lowest BCUT2D eigenvalue weighted by Crippen LogP contribution is -2.28. The van der Waals surface area contributed by atoms with Gasteiger partial charge >= 0.3 is 0 Å². The smallest absolute Gasteiger partial charge is 0.137 e. The van der Waals surface area contributed by atoms with Crippen LogP contribution in [0, 0.1) is 0 Å². The molecule has 1 aliphatic carbocycles. The highest BCUT2D eigenvalue weighted by atomic mass is 32.1. The third-order valence-corrected chi connectivity index (χ3v) is 5.28. The van der Waals surface area contributed by atoms with Crippen molar-refractivity contribution in [1.82, 2.24) is 19.7 Å². The van der Waals surface area contributed by atoms with E-state index in [-0.39, 0.29) is 0 Å². The molecule has 0 bridgehead atoms. The molecule has 3 aromatic heterocycles. The normalized spacial score (nSPS) is 22.0. The van der Waals surface area contributed by atoms with Crippen molar-refractivity contribution in [3.63, 3.8) is 0 Å². The molecule has 4 rings (SSSR count). The number of nitrogen functional groups attached to an aromatic ring is 1. The van der Waals surface area contributed by atoms with Crippen molar-refractivity contribution in [3.05, 3.63) is 30.3 Å². The Hall–Kier alpha value is -2.15. The van der Waals surface area contributed by atoms with Crippen LogP contribution in [0.5, 0.6) is 0 Å². The van der Waals surface area contributed by atoms with E-state index in [1.807, 2.05) is 17.1 Å². The predicted octanol–water partition coefficient (Wildman–Crippen LogP) is 3.07. The van der Waals surface area contributed by atoms with Gasteiger partial charge in [0.05, 0.1) is 33.8 Å². The van der Waals surface area contributed by atoms with E-state index in [0.717, 1.165) is 47.3 Å². The molecule has 0 amide bonds. The average Bonchev–Trinajstić information content (AvgIpc) is 3.22. The van der Waals surface area contributed by atoms with Crippen molar-refractivity contribution in [2.45, 2.75) is 37.8 Å². The fraction of sp³-hybridized carbons (Fsp3) is 0.400. The van der Waals surface area contributed by atoms with Crippen molar-refractivity contribution in [2.75, 3.05) is 11.1 Å². The fourth-order valence-corrected chi connectivity index (χ4v) is 4.04. The molecule has 0 unspecified atom stereocenters. The van der Waals surface area contributed by atoms with Crippen molar-refractivity contribution in [3.8, 4) is 0 Å². The number of aromatic nitrogens is 4. The minimum absolute atomic E-state index is 0.453. The van der Waals surface area contributed by atoms with E-state index >= 15 is 0 Å². The molecular weight excluding hydrogens is 296 g/mol. The zero-order valence-electron chi connectivity index (χ0n) is 12.1. The second kappa shape index (κ2) is 5.57. The topological polar surface area (TPSA) is 81.6 Å². The summed E-state index contributed by atoms with van der Waals surface area (Å²) in [7, 11) is 0. The van der Waals surface area contributed by atoms with Gasteiger partial charge in [-0.25, -0.2) is 9.67 Å². The summed E-state index contributed by atoms with van der Waals surface area (Å²) in [6, 6.07) is 2.96. The zero-order valence-corrected chi connectivity index (χ0v) is 13.0. The molecule has 0 saturated heterocycles. The number of hydrogen-bond acceptors (Lipinski definition) is 6. The molecule has 6 nitrogen and oxygen atoms in total. The Kier molecular flexibility index (Phi) is 3.42. The first-order valence-electron chi connectivity index (χ1n) is 7.53. The summed E-state index contributed by atoms with van der Waals surface area (Å²) in [6.45, 7) is 0. The van der Waals surface area contributed by atoms with Gasteiger partial charge in [-0.05, 0) is 37.1 Å². The number of nitrogens with zero attached hydrogens (tertiary/aromatic N) is 4. The van der Waals surface area contributed by atoms with E-state index in [1.165, 1.54) is 0 Å². The first-order chi connectivity index (χ1) is 10.8. The van der Waals surface area contributed by atoms with Crippen LogP contribution in [-0.4, -0.2) is 25.8 Å². The second-order valence-corrected chi connectivity index (χ2v) is 6.66. The van der Waals surface area contributed by atoms with Crippen LogP contribution >= 0.6 is 11.3 Å². The monoisotopic (exact) mass is 314 g/mol. The molecule has 0 radical (unpaired) electrons. The van der Waals surface area contributed by atoms with Crippen LogP contribution in [-0.2, 0) is 0 Å². The van der Waals surface area contributed by atoms with Gasteiger partial charge in [-0.15, -0.1) is 11.3 Å². The van der Waals surface area contributed by atoms with Gasteiger partial charge in [-0.3, -0.25) is 4.98 Å². The molecule has 1 aliphatic rings. The van der Waals surface area contributed by atoms with Crippen LogP contribution < -0.4 is 11.1 Å². The minimum atomic E-state index is 0.453. The molecule has 3 N–H and O–H groups in total. The van der Waals surface area contributed by atoms with Gasteiger partial charge < -0.3 is 11.1 Å². The lowest BCUT2D eigenvalue weighted by Gasteiger charge is -2.30. The summed E-state index contributed by atoms with van der Waals surface area (Å²) in [6.07, 6.45) is 9.61. The molecule has 0 spiro atoms. The maximum Gasteiger partial charge on any atom is 0.137 e. The molecule has 3 heterocycles. The van der Waals surface area contributed by atoms with Crippen LogP contribution in [0.4, 0.5) is 11.4 Å². The Morgan fingerprint density at radius 1 is 1.27 bits per heavy atom. The van der Waals surface area contributed by atoms with E-state index in [0.29, 0.717) is 12.1 Å². The number of fused-ring (bicyclic) bond motifs is 1. The fourth-order valence-electron chi connectivity index (χ4n) is 3.17. The van der Waals surface area contributed by atoms with Crippen LogP contribution in [0.1, 0.15) is 31.7 Å². The quantitative estimate of drug-likeness (QED) is 0.776. The highest BCUT2D eigenvalue weighted by molar-refractivity contribution is 7.17. The van der Waals surface area contributed by atoms with Gasteiger partial charge in [0.1, 0.15) is 12.7 Å². The number of nitrogens with one attached hydrogen (secondary N) is 1. The van der Waals surface area contributed by atoms with Gasteiger partial charge in [0.25, 0.3) is 0 Å². The van der Waals surface area contributed by atoms with Crippen molar-refractivity contribution in [2.24, 2.45) is 0 Å². The van der Waals surface area contributed by atoms with Crippen molar-refractivity contribution in [1.29, 1.82) is 0 Å². The molecular formula is C15H18N6S. The minimum Gasteiger partial charge on any atom is -0.396 e. The summed E-state index contributed by atoms with van der Waals surface area (Å²) < 4.78 is 3.13. The van der Waals surface area contributed by atoms with E-state index in [9.17, 15) is 0 Å². The predicted molar refractivity (Wildman–Crippen MR) is 89.0 cm³/mol. The summed E-state index contributed by atoms with van der Waals surface area (Å²) in [4.78, 5) is 8.41. The number of thiophene rings is 1. The van der Waals surface area contributed by atoms with Gasteiger partial charge in [0.2, 0.25) is 0 Å². The van der Waals surface area contributed by atoms with E-state index < -0.39 is 0 Å². The van der Waals surface area contributed by atoms with Gasteiger partial charge in [-0.1, -0.05) is 0 Å². The van der Waals surface area contributed by atoms with Gasteiger partial charge in [0, 0.05) is 6.04 Å². The number of anilines is 2. The van der Waals surface area contributed by atoms with E-state index in [1.54, 1.807) is 23.9 Å². The lowest BCUT2D eigenvalue weighted by molar-refractivity contribution is 0.313. The third-order valence-electron chi connectivity index (χ3n) is 4.36. The van der Waals surface area contributed by atoms with E-state index in [4.69, 9.17) is 5.73 Å². The maximum atomic E-state index is 6.13. The molecule has 1 fully saturated rings. The summed E-state index contributed by atoms with van der Waals surface area (Å²) in [5.41, 5.74) is 8.91. The van der Waals surface area contributed by atoms with Crippen molar-refractivity contribution < 1.29 is 0 Å². The largest absolute Gasteiger partial charge is 0.396 e. The third kappa shape index (κ3) is 2.41. The Morgan fingerprint density at radius 2 is 2.14 bits per heavy atom. The lowest BCUT2D eigenvalue weighted by atomic mass is 9.91. The van der Waals surface area contributed by atoms with Crippen LogP contribution in [0.2, 0.25) is 0 Å². The number of hydrogen-bond donors (Lipinski definition) is 2. The highest BCUT2D eigenvalue weighted by Gasteiger charge is 2.23.